The van der Waals surface area contributed by atoms with Crippen LogP contribution in [-0.4, -0.2) is 43.8 Å². The molecule has 0 radical (unpaired) electrons. The number of amides is 1. The van der Waals surface area contributed by atoms with Crippen molar-refractivity contribution in [1.82, 2.24) is 15.1 Å². The Balaban J connectivity index is 2.17. The Morgan fingerprint density at radius 2 is 2.41 bits per heavy atom. The molecule has 0 bridgehead atoms. The second-order valence-electron chi connectivity index (χ2n) is 3.98. The second kappa shape index (κ2) is 4.40. The van der Waals surface area contributed by atoms with Crippen LogP contribution in [0.3, 0.4) is 0 Å². The van der Waals surface area contributed by atoms with Gasteiger partial charge in [0.2, 0.25) is 0 Å². The van der Waals surface area contributed by atoms with E-state index in [1.165, 1.54) is 22.6 Å². The summed E-state index contributed by atoms with van der Waals surface area (Å²) in [7, 11) is 1.64. The molecule has 1 amide bonds. The van der Waals surface area contributed by atoms with E-state index in [0.717, 1.165) is 5.75 Å². The van der Waals surface area contributed by atoms with Crippen molar-refractivity contribution in [2.45, 2.75) is 12.0 Å². The Morgan fingerprint density at radius 1 is 1.65 bits per heavy atom. The average molecular weight is 255 g/mol. The van der Waals surface area contributed by atoms with Gasteiger partial charge < -0.3 is 10.4 Å². The molecule has 17 heavy (non-hydrogen) atoms. The first-order chi connectivity index (χ1) is 8.05. The van der Waals surface area contributed by atoms with Gasteiger partial charge in [0.1, 0.15) is 11.2 Å². The standard InChI is InChI=1S/C10H13N3O3S/c1-13-7(2-4-11-13)8(14)12-10(9(15)16)3-5-17-6-10/h2,4H,3,5-6H2,1H3,(H,12,14)(H,15,16). The van der Waals surface area contributed by atoms with E-state index in [4.69, 9.17) is 0 Å². The number of carboxylic acids is 1. The third-order valence-corrected chi connectivity index (χ3v) is 4.03. The number of carboxylic acid groups (broad SMARTS) is 1. The molecular formula is C10H13N3O3S. The number of carbonyl (C=O) groups is 2. The zero-order chi connectivity index (χ0) is 12.5. The van der Waals surface area contributed by atoms with Gasteiger partial charge in [-0.05, 0) is 18.2 Å². The molecule has 1 aliphatic heterocycles. The molecule has 2 heterocycles. The lowest BCUT2D eigenvalue weighted by Gasteiger charge is -2.24. The molecule has 1 fully saturated rings. The minimum Gasteiger partial charge on any atom is -0.479 e. The minimum absolute atomic E-state index is 0.363. The number of aryl methyl sites for hydroxylation is 1. The quantitative estimate of drug-likeness (QED) is 0.801. The van der Waals surface area contributed by atoms with Gasteiger partial charge in [0.25, 0.3) is 5.91 Å². The third kappa shape index (κ3) is 2.14. The summed E-state index contributed by atoms with van der Waals surface area (Å²) in [6.45, 7) is 0. The van der Waals surface area contributed by atoms with Gasteiger partial charge in [-0.15, -0.1) is 0 Å². The van der Waals surface area contributed by atoms with Gasteiger partial charge >= 0.3 is 5.97 Å². The number of hydrogen-bond acceptors (Lipinski definition) is 4. The van der Waals surface area contributed by atoms with Crippen LogP contribution in [0.25, 0.3) is 0 Å². The van der Waals surface area contributed by atoms with Gasteiger partial charge in [-0.1, -0.05) is 0 Å². The van der Waals surface area contributed by atoms with E-state index < -0.39 is 17.4 Å². The Morgan fingerprint density at radius 3 is 2.88 bits per heavy atom. The second-order valence-corrected chi connectivity index (χ2v) is 5.09. The summed E-state index contributed by atoms with van der Waals surface area (Å²) < 4.78 is 1.42. The van der Waals surface area contributed by atoms with Crippen LogP contribution in [0, 0.1) is 0 Å². The maximum Gasteiger partial charge on any atom is 0.330 e. The molecule has 0 saturated carbocycles. The molecule has 7 heteroatoms. The Labute approximate surface area is 102 Å². The molecule has 1 aromatic rings. The van der Waals surface area contributed by atoms with Gasteiger partial charge in [0, 0.05) is 19.0 Å². The monoisotopic (exact) mass is 255 g/mol. The molecule has 6 nitrogen and oxygen atoms in total. The Hall–Kier alpha value is -1.50. The molecule has 0 aliphatic carbocycles. The molecule has 2 N–H and O–H groups in total. The van der Waals surface area contributed by atoms with E-state index in [0.29, 0.717) is 17.9 Å². The summed E-state index contributed by atoms with van der Waals surface area (Å²) in [6.07, 6.45) is 1.96. The van der Waals surface area contributed by atoms with Gasteiger partial charge in [-0.3, -0.25) is 9.48 Å². The van der Waals surface area contributed by atoms with Gasteiger partial charge in [-0.2, -0.15) is 16.9 Å². The van der Waals surface area contributed by atoms with Crippen LogP contribution in [0.15, 0.2) is 12.3 Å². The number of hydrogen-bond donors (Lipinski definition) is 2. The molecule has 0 spiro atoms. The highest BCUT2D eigenvalue weighted by molar-refractivity contribution is 7.99. The Kier molecular flexibility index (Phi) is 3.10. The van der Waals surface area contributed by atoms with E-state index in [1.54, 1.807) is 13.1 Å². The molecule has 92 valence electrons. The van der Waals surface area contributed by atoms with Crippen molar-refractivity contribution in [3.63, 3.8) is 0 Å². The van der Waals surface area contributed by atoms with Crippen molar-refractivity contribution in [3.05, 3.63) is 18.0 Å². The third-order valence-electron chi connectivity index (χ3n) is 2.84. The van der Waals surface area contributed by atoms with E-state index in [1.807, 2.05) is 0 Å². The normalized spacial score (nSPS) is 23.6. The van der Waals surface area contributed by atoms with Crippen LogP contribution < -0.4 is 5.32 Å². The van der Waals surface area contributed by atoms with Crippen LogP contribution in [0.1, 0.15) is 16.9 Å². The molecule has 1 aromatic heterocycles. The molecule has 1 unspecified atom stereocenters. The average Bonchev–Trinajstić information content (AvgIpc) is 2.87. The lowest BCUT2D eigenvalue weighted by atomic mass is 9.99. The van der Waals surface area contributed by atoms with Crippen molar-refractivity contribution in [2.75, 3.05) is 11.5 Å². The number of thioether (sulfide) groups is 1. The van der Waals surface area contributed by atoms with Crippen molar-refractivity contribution in [3.8, 4) is 0 Å². The van der Waals surface area contributed by atoms with E-state index in [2.05, 4.69) is 10.4 Å². The fourth-order valence-electron chi connectivity index (χ4n) is 1.76. The maximum absolute atomic E-state index is 11.9. The summed E-state index contributed by atoms with van der Waals surface area (Å²) >= 11 is 1.53. The van der Waals surface area contributed by atoms with E-state index in [9.17, 15) is 14.7 Å². The summed E-state index contributed by atoms with van der Waals surface area (Å²) in [5, 5.41) is 15.7. The molecule has 1 saturated heterocycles. The topological polar surface area (TPSA) is 84.2 Å². The van der Waals surface area contributed by atoms with Crippen LogP contribution in [0.2, 0.25) is 0 Å². The summed E-state index contributed by atoms with van der Waals surface area (Å²) in [5.74, 6) is -0.211. The molecule has 1 atom stereocenters. The predicted octanol–water partition coefficient (Wildman–Crippen LogP) is 0.110. The summed E-state index contributed by atoms with van der Waals surface area (Å²) in [6, 6.07) is 1.56. The SMILES string of the molecule is Cn1nccc1C(=O)NC1(C(=O)O)CCSC1. The maximum atomic E-state index is 11.9. The predicted molar refractivity (Wildman–Crippen MR) is 63.0 cm³/mol. The lowest BCUT2D eigenvalue weighted by Crippen LogP contribution is -2.55. The van der Waals surface area contributed by atoms with Gasteiger partial charge in [0.05, 0.1) is 0 Å². The first-order valence-electron chi connectivity index (χ1n) is 5.17. The highest BCUT2D eigenvalue weighted by Crippen LogP contribution is 2.28. The highest BCUT2D eigenvalue weighted by Gasteiger charge is 2.43. The number of aromatic nitrogens is 2. The number of nitrogens with zero attached hydrogens (tertiary/aromatic N) is 2. The number of aliphatic carboxylic acids is 1. The highest BCUT2D eigenvalue weighted by atomic mass is 32.2. The van der Waals surface area contributed by atoms with Crippen LogP contribution in [-0.2, 0) is 11.8 Å². The lowest BCUT2D eigenvalue weighted by molar-refractivity contribution is -0.143. The number of nitrogens with one attached hydrogen (secondary N) is 1. The fourth-order valence-corrected chi connectivity index (χ4v) is 3.09. The van der Waals surface area contributed by atoms with Crippen LogP contribution >= 0.6 is 11.8 Å². The first-order valence-corrected chi connectivity index (χ1v) is 6.32. The van der Waals surface area contributed by atoms with Crippen molar-refractivity contribution >= 4 is 23.6 Å². The van der Waals surface area contributed by atoms with Gasteiger partial charge in [-0.25, -0.2) is 4.79 Å². The molecule has 2 rings (SSSR count). The number of carbonyl (C=O) groups excluding carboxylic acids is 1. The molecule has 1 aliphatic rings. The molecular weight excluding hydrogens is 242 g/mol. The van der Waals surface area contributed by atoms with Crippen molar-refractivity contribution in [2.24, 2.45) is 7.05 Å². The zero-order valence-electron chi connectivity index (χ0n) is 9.34. The smallest absolute Gasteiger partial charge is 0.330 e. The number of rotatable bonds is 3. The Bertz CT molecular complexity index is 451. The molecule has 0 aromatic carbocycles. The van der Waals surface area contributed by atoms with Crippen LogP contribution in [0.5, 0.6) is 0 Å². The van der Waals surface area contributed by atoms with Gasteiger partial charge in [0.15, 0.2) is 0 Å². The van der Waals surface area contributed by atoms with Crippen LogP contribution in [0.4, 0.5) is 0 Å². The summed E-state index contributed by atoms with van der Waals surface area (Å²) in [5.41, 5.74) is -0.769. The largest absolute Gasteiger partial charge is 0.479 e. The van der Waals surface area contributed by atoms with Crippen molar-refractivity contribution < 1.29 is 14.7 Å². The summed E-state index contributed by atoms with van der Waals surface area (Å²) in [4.78, 5) is 23.2. The van der Waals surface area contributed by atoms with E-state index in [-0.39, 0.29) is 0 Å². The zero-order valence-corrected chi connectivity index (χ0v) is 10.2. The fraction of sp³-hybridized carbons (Fsp3) is 0.500. The minimum atomic E-state index is -1.13. The van der Waals surface area contributed by atoms with Crippen molar-refractivity contribution in [1.29, 1.82) is 0 Å². The first kappa shape index (κ1) is 12.0. The van der Waals surface area contributed by atoms with E-state index >= 15 is 0 Å².